The highest BCUT2D eigenvalue weighted by atomic mass is 16.5. The van der Waals surface area contributed by atoms with Gasteiger partial charge in [-0.1, -0.05) is 26.2 Å². The third-order valence-electron chi connectivity index (χ3n) is 3.43. The van der Waals surface area contributed by atoms with E-state index >= 15 is 0 Å². The summed E-state index contributed by atoms with van der Waals surface area (Å²) in [6.07, 6.45) is 8.53. The molecule has 0 atom stereocenters. The largest absolute Gasteiger partial charge is 0.466 e. The molecular formula is C13H24O2. The SMILES string of the molecule is CCCCC1CCC(C(=O)OCC)CC1. The molecule has 2 nitrogen and oxygen atoms in total. The number of ether oxygens (including phenoxy) is 1. The maximum Gasteiger partial charge on any atom is 0.308 e. The van der Waals surface area contributed by atoms with E-state index in [2.05, 4.69) is 6.92 Å². The molecule has 0 N–H and O–H groups in total. The van der Waals surface area contributed by atoms with Crippen molar-refractivity contribution < 1.29 is 9.53 Å². The Morgan fingerprint density at radius 3 is 2.40 bits per heavy atom. The van der Waals surface area contributed by atoms with Crippen molar-refractivity contribution in [2.24, 2.45) is 11.8 Å². The number of hydrogen-bond acceptors (Lipinski definition) is 2. The normalized spacial score (nSPS) is 26.3. The van der Waals surface area contributed by atoms with Crippen LogP contribution < -0.4 is 0 Å². The zero-order chi connectivity index (χ0) is 11.1. The summed E-state index contributed by atoms with van der Waals surface area (Å²) in [7, 11) is 0. The zero-order valence-electron chi connectivity index (χ0n) is 10.1. The van der Waals surface area contributed by atoms with E-state index in [1.807, 2.05) is 6.92 Å². The van der Waals surface area contributed by atoms with Crippen LogP contribution >= 0.6 is 0 Å². The molecule has 0 aromatic heterocycles. The van der Waals surface area contributed by atoms with E-state index in [1.165, 1.54) is 32.1 Å². The molecule has 0 amide bonds. The highest BCUT2D eigenvalue weighted by Gasteiger charge is 2.26. The fourth-order valence-electron chi connectivity index (χ4n) is 2.44. The highest BCUT2D eigenvalue weighted by molar-refractivity contribution is 5.72. The molecule has 0 unspecified atom stereocenters. The average molecular weight is 212 g/mol. The molecule has 0 bridgehead atoms. The Bertz CT molecular complexity index is 181. The molecule has 1 fully saturated rings. The minimum atomic E-state index is 0.0337. The van der Waals surface area contributed by atoms with Crippen molar-refractivity contribution in [1.82, 2.24) is 0 Å². The molecule has 15 heavy (non-hydrogen) atoms. The van der Waals surface area contributed by atoms with E-state index in [9.17, 15) is 4.79 Å². The predicted molar refractivity (Wildman–Crippen MR) is 61.6 cm³/mol. The summed E-state index contributed by atoms with van der Waals surface area (Å²) in [6.45, 7) is 4.64. The average Bonchev–Trinajstić information content (AvgIpc) is 2.27. The summed E-state index contributed by atoms with van der Waals surface area (Å²) in [6, 6.07) is 0. The van der Waals surface area contributed by atoms with E-state index in [4.69, 9.17) is 4.74 Å². The Kier molecular flexibility index (Phi) is 5.74. The van der Waals surface area contributed by atoms with Gasteiger partial charge >= 0.3 is 5.97 Å². The van der Waals surface area contributed by atoms with Crippen LogP contribution in [0.2, 0.25) is 0 Å². The first-order chi connectivity index (χ1) is 7.27. The number of rotatable bonds is 5. The van der Waals surface area contributed by atoms with Crippen LogP contribution in [0.5, 0.6) is 0 Å². The number of esters is 1. The molecule has 0 aliphatic heterocycles. The van der Waals surface area contributed by atoms with Crippen LogP contribution in [-0.2, 0) is 9.53 Å². The lowest BCUT2D eigenvalue weighted by atomic mass is 9.80. The van der Waals surface area contributed by atoms with Crippen molar-refractivity contribution in [3.8, 4) is 0 Å². The van der Waals surface area contributed by atoms with Crippen molar-refractivity contribution in [3.05, 3.63) is 0 Å². The van der Waals surface area contributed by atoms with Crippen LogP contribution in [0.4, 0.5) is 0 Å². The van der Waals surface area contributed by atoms with Crippen LogP contribution in [0.25, 0.3) is 0 Å². The second-order valence-corrected chi connectivity index (χ2v) is 4.61. The lowest BCUT2D eigenvalue weighted by molar-refractivity contribution is -0.149. The van der Waals surface area contributed by atoms with Crippen molar-refractivity contribution in [3.63, 3.8) is 0 Å². The van der Waals surface area contributed by atoms with E-state index in [0.717, 1.165) is 18.8 Å². The minimum absolute atomic E-state index is 0.0337. The van der Waals surface area contributed by atoms with Crippen molar-refractivity contribution >= 4 is 5.97 Å². The van der Waals surface area contributed by atoms with E-state index < -0.39 is 0 Å². The Morgan fingerprint density at radius 2 is 1.87 bits per heavy atom. The topological polar surface area (TPSA) is 26.3 Å². The van der Waals surface area contributed by atoms with Gasteiger partial charge in [0.25, 0.3) is 0 Å². The molecule has 1 aliphatic rings. The fourth-order valence-corrected chi connectivity index (χ4v) is 2.44. The molecular weight excluding hydrogens is 188 g/mol. The van der Waals surface area contributed by atoms with Gasteiger partial charge in [0.05, 0.1) is 12.5 Å². The predicted octanol–water partition coefficient (Wildman–Crippen LogP) is 3.55. The Morgan fingerprint density at radius 1 is 1.20 bits per heavy atom. The van der Waals surface area contributed by atoms with Crippen LogP contribution in [0.3, 0.4) is 0 Å². The lowest BCUT2D eigenvalue weighted by Gasteiger charge is -2.26. The lowest BCUT2D eigenvalue weighted by Crippen LogP contribution is -2.23. The molecule has 1 saturated carbocycles. The smallest absolute Gasteiger partial charge is 0.308 e. The molecule has 0 spiro atoms. The molecule has 0 heterocycles. The van der Waals surface area contributed by atoms with Gasteiger partial charge in [0.1, 0.15) is 0 Å². The number of carbonyl (C=O) groups excluding carboxylic acids is 1. The first kappa shape index (κ1) is 12.5. The first-order valence-electron chi connectivity index (χ1n) is 6.44. The number of unbranched alkanes of at least 4 members (excludes halogenated alkanes) is 1. The second-order valence-electron chi connectivity index (χ2n) is 4.61. The van der Waals surface area contributed by atoms with E-state index in [1.54, 1.807) is 0 Å². The standard InChI is InChI=1S/C13H24O2/c1-3-5-6-11-7-9-12(10-8-11)13(14)15-4-2/h11-12H,3-10H2,1-2H3. The summed E-state index contributed by atoms with van der Waals surface area (Å²) in [4.78, 5) is 11.5. The van der Waals surface area contributed by atoms with Gasteiger partial charge in [-0.05, 0) is 38.5 Å². The first-order valence-corrected chi connectivity index (χ1v) is 6.44. The summed E-state index contributed by atoms with van der Waals surface area (Å²) in [5.41, 5.74) is 0. The molecule has 1 aliphatic carbocycles. The number of hydrogen-bond donors (Lipinski definition) is 0. The van der Waals surface area contributed by atoms with Crippen LogP contribution in [-0.4, -0.2) is 12.6 Å². The quantitative estimate of drug-likeness (QED) is 0.651. The fraction of sp³-hybridized carbons (Fsp3) is 0.923. The van der Waals surface area contributed by atoms with Crippen molar-refractivity contribution in [2.75, 3.05) is 6.61 Å². The van der Waals surface area contributed by atoms with Gasteiger partial charge in [-0.25, -0.2) is 0 Å². The monoisotopic (exact) mass is 212 g/mol. The highest BCUT2D eigenvalue weighted by Crippen LogP contribution is 2.32. The Hall–Kier alpha value is -0.530. The molecule has 1 rings (SSSR count). The van der Waals surface area contributed by atoms with Gasteiger partial charge in [-0.3, -0.25) is 4.79 Å². The molecule has 0 saturated heterocycles. The Labute approximate surface area is 93.4 Å². The third kappa shape index (κ3) is 4.23. The molecule has 0 aromatic rings. The molecule has 88 valence electrons. The van der Waals surface area contributed by atoms with Gasteiger partial charge in [0, 0.05) is 0 Å². The van der Waals surface area contributed by atoms with Gasteiger partial charge < -0.3 is 4.74 Å². The van der Waals surface area contributed by atoms with Gasteiger partial charge in [-0.15, -0.1) is 0 Å². The van der Waals surface area contributed by atoms with E-state index in [-0.39, 0.29) is 11.9 Å². The van der Waals surface area contributed by atoms with Crippen molar-refractivity contribution in [2.45, 2.75) is 58.8 Å². The molecule has 0 radical (unpaired) electrons. The Balaban J connectivity index is 2.20. The van der Waals surface area contributed by atoms with Crippen LogP contribution in [0.15, 0.2) is 0 Å². The van der Waals surface area contributed by atoms with Gasteiger partial charge in [0.15, 0.2) is 0 Å². The summed E-state index contributed by atoms with van der Waals surface area (Å²) in [5, 5.41) is 0. The zero-order valence-corrected chi connectivity index (χ0v) is 10.1. The second kappa shape index (κ2) is 6.86. The van der Waals surface area contributed by atoms with Crippen molar-refractivity contribution in [1.29, 1.82) is 0 Å². The number of carbonyl (C=O) groups is 1. The minimum Gasteiger partial charge on any atom is -0.466 e. The van der Waals surface area contributed by atoms with E-state index in [0.29, 0.717) is 6.61 Å². The van der Waals surface area contributed by atoms with Crippen LogP contribution in [0, 0.1) is 11.8 Å². The summed E-state index contributed by atoms with van der Waals surface area (Å²) >= 11 is 0. The summed E-state index contributed by atoms with van der Waals surface area (Å²) < 4.78 is 5.06. The maximum atomic E-state index is 11.5. The van der Waals surface area contributed by atoms with Gasteiger partial charge in [-0.2, -0.15) is 0 Å². The third-order valence-corrected chi connectivity index (χ3v) is 3.43. The maximum absolute atomic E-state index is 11.5. The molecule has 0 aromatic carbocycles. The summed E-state index contributed by atoms with van der Waals surface area (Å²) in [5.74, 6) is 1.10. The molecule has 2 heteroatoms. The van der Waals surface area contributed by atoms with Gasteiger partial charge in [0.2, 0.25) is 0 Å². The van der Waals surface area contributed by atoms with Crippen LogP contribution in [0.1, 0.15) is 58.8 Å².